The summed E-state index contributed by atoms with van der Waals surface area (Å²) in [5, 5.41) is 10.5. The van der Waals surface area contributed by atoms with E-state index < -0.39 is 17.9 Å². The summed E-state index contributed by atoms with van der Waals surface area (Å²) in [4.78, 5) is 27.3. The van der Waals surface area contributed by atoms with Gasteiger partial charge in [0, 0.05) is 30.0 Å². The SMILES string of the molecule is CCOC(=O)C1=C(C)NC(=S)N[C@H]1c1ccccc1OCC(=O)NN=Cc1ccc(N(CC)CC)cc1. The van der Waals surface area contributed by atoms with Crippen molar-refractivity contribution in [2.45, 2.75) is 33.7 Å². The highest BCUT2D eigenvalue weighted by atomic mass is 32.1. The monoisotopic (exact) mass is 523 g/mol. The lowest BCUT2D eigenvalue weighted by Crippen LogP contribution is -2.45. The average Bonchev–Trinajstić information content (AvgIpc) is 2.89. The first kappa shape index (κ1) is 27.7. The van der Waals surface area contributed by atoms with Crippen LogP contribution in [0.1, 0.15) is 44.9 Å². The summed E-state index contributed by atoms with van der Waals surface area (Å²) in [5.41, 5.74) is 6.13. The van der Waals surface area contributed by atoms with Gasteiger partial charge in [-0.25, -0.2) is 10.2 Å². The molecule has 3 N–H and O–H groups in total. The number of para-hydroxylation sites is 1. The van der Waals surface area contributed by atoms with Crippen LogP contribution < -0.4 is 25.7 Å². The number of hydrogen-bond acceptors (Lipinski definition) is 7. The van der Waals surface area contributed by atoms with Crippen LogP contribution in [0.4, 0.5) is 5.69 Å². The highest BCUT2D eigenvalue weighted by Crippen LogP contribution is 2.33. The maximum atomic E-state index is 12.7. The van der Waals surface area contributed by atoms with Crippen LogP contribution >= 0.6 is 12.2 Å². The molecule has 0 fully saturated rings. The van der Waals surface area contributed by atoms with Crippen molar-refractivity contribution >= 4 is 41.1 Å². The first-order valence-electron chi connectivity index (χ1n) is 12.2. The number of hydrazone groups is 1. The minimum Gasteiger partial charge on any atom is -0.483 e. The van der Waals surface area contributed by atoms with Gasteiger partial charge in [0.2, 0.25) is 0 Å². The predicted molar refractivity (Wildman–Crippen MR) is 149 cm³/mol. The van der Waals surface area contributed by atoms with Gasteiger partial charge < -0.3 is 25.0 Å². The van der Waals surface area contributed by atoms with Crippen molar-refractivity contribution in [3.63, 3.8) is 0 Å². The Morgan fingerprint density at radius 2 is 1.81 bits per heavy atom. The summed E-state index contributed by atoms with van der Waals surface area (Å²) in [5.74, 6) is -0.443. The molecule has 2 aromatic carbocycles. The van der Waals surface area contributed by atoms with Crippen LogP contribution in [-0.2, 0) is 14.3 Å². The van der Waals surface area contributed by atoms with Crippen molar-refractivity contribution in [2.24, 2.45) is 5.10 Å². The molecule has 0 radical (unpaired) electrons. The second-order valence-electron chi connectivity index (χ2n) is 8.17. The smallest absolute Gasteiger partial charge is 0.338 e. The Balaban J connectivity index is 1.65. The number of esters is 1. The molecular formula is C27H33N5O4S. The molecule has 0 spiro atoms. The molecule has 0 bridgehead atoms. The lowest BCUT2D eigenvalue weighted by atomic mass is 9.95. The van der Waals surface area contributed by atoms with Gasteiger partial charge in [-0.15, -0.1) is 0 Å². The molecule has 2 aromatic rings. The summed E-state index contributed by atoms with van der Waals surface area (Å²) in [6.07, 6.45) is 1.58. The summed E-state index contributed by atoms with van der Waals surface area (Å²) >= 11 is 5.30. The predicted octanol–water partition coefficient (Wildman–Crippen LogP) is 3.42. The maximum Gasteiger partial charge on any atom is 0.338 e. The Bertz CT molecular complexity index is 1180. The zero-order valence-corrected chi connectivity index (χ0v) is 22.4. The van der Waals surface area contributed by atoms with Crippen molar-refractivity contribution in [2.75, 3.05) is 31.2 Å². The zero-order chi connectivity index (χ0) is 26.8. The molecule has 1 heterocycles. The Kier molecular flexibility index (Phi) is 10.0. The third kappa shape index (κ3) is 7.29. The number of hydrogen-bond donors (Lipinski definition) is 3. The Morgan fingerprint density at radius 3 is 2.49 bits per heavy atom. The van der Waals surface area contributed by atoms with E-state index in [1.807, 2.05) is 36.4 Å². The first-order chi connectivity index (χ1) is 17.9. The van der Waals surface area contributed by atoms with E-state index in [4.69, 9.17) is 21.7 Å². The first-order valence-corrected chi connectivity index (χ1v) is 12.6. The normalized spacial score (nSPS) is 15.1. The molecule has 196 valence electrons. The number of ether oxygens (including phenoxy) is 2. The number of carbonyl (C=O) groups excluding carboxylic acids is 2. The van der Waals surface area contributed by atoms with Crippen LogP contribution in [0.3, 0.4) is 0 Å². The van der Waals surface area contributed by atoms with Crippen LogP contribution in [0.25, 0.3) is 0 Å². The van der Waals surface area contributed by atoms with Gasteiger partial charge in [-0.05, 0) is 63.7 Å². The van der Waals surface area contributed by atoms with Crippen molar-refractivity contribution in [1.29, 1.82) is 0 Å². The standard InChI is InChI=1S/C27H33N5O4S/c1-5-32(6-2)20-14-12-19(13-15-20)16-28-31-23(33)17-36-22-11-9-8-10-21(22)25-24(26(34)35-7-3)18(4)29-27(37)30-25/h8-16,25H,5-7,17H2,1-4H3,(H,31,33)(H2,29,30,37)/t25-/m0/s1. The van der Waals surface area contributed by atoms with Crippen LogP contribution in [-0.4, -0.2) is 49.5 Å². The molecule has 0 aliphatic carbocycles. The number of carbonyl (C=O) groups is 2. The number of anilines is 1. The minimum absolute atomic E-state index is 0.242. The van der Waals surface area contributed by atoms with E-state index in [1.165, 1.54) is 0 Å². The minimum atomic E-state index is -0.593. The quantitative estimate of drug-likeness (QED) is 0.178. The van der Waals surface area contributed by atoms with Gasteiger partial charge in [0.1, 0.15) is 5.75 Å². The summed E-state index contributed by atoms with van der Waals surface area (Å²) < 4.78 is 11.1. The Morgan fingerprint density at radius 1 is 1.11 bits per heavy atom. The number of nitrogens with one attached hydrogen (secondary N) is 3. The molecule has 0 aromatic heterocycles. The maximum absolute atomic E-state index is 12.7. The fourth-order valence-corrected chi connectivity index (χ4v) is 4.24. The van der Waals surface area contributed by atoms with Gasteiger partial charge >= 0.3 is 5.97 Å². The molecule has 0 saturated heterocycles. The Labute approximate surface area is 222 Å². The van der Waals surface area contributed by atoms with E-state index >= 15 is 0 Å². The van der Waals surface area contributed by atoms with Crippen molar-refractivity contribution in [3.05, 3.63) is 70.9 Å². The van der Waals surface area contributed by atoms with Crippen LogP contribution in [0.5, 0.6) is 5.75 Å². The number of allylic oxidation sites excluding steroid dienone is 1. The van der Waals surface area contributed by atoms with Gasteiger partial charge in [-0.3, -0.25) is 4.79 Å². The largest absolute Gasteiger partial charge is 0.483 e. The van der Waals surface area contributed by atoms with E-state index in [9.17, 15) is 9.59 Å². The third-order valence-corrected chi connectivity index (χ3v) is 6.00. The highest BCUT2D eigenvalue weighted by Gasteiger charge is 2.32. The van der Waals surface area contributed by atoms with E-state index in [1.54, 1.807) is 32.2 Å². The van der Waals surface area contributed by atoms with Gasteiger partial charge in [0.25, 0.3) is 5.91 Å². The third-order valence-electron chi connectivity index (χ3n) is 5.78. The second-order valence-corrected chi connectivity index (χ2v) is 8.58. The molecule has 37 heavy (non-hydrogen) atoms. The van der Waals surface area contributed by atoms with Crippen molar-refractivity contribution < 1.29 is 19.1 Å². The molecule has 0 saturated carbocycles. The summed E-state index contributed by atoms with van der Waals surface area (Å²) in [6.45, 7) is 9.59. The summed E-state index contributed by atoms with van der Waals surface area (Å²) in [7, 11) is 0. The van der Waals surface area contributed by atoms with E-state index in [0.29, 0.717) is 27.7 Å². The second kappa shape index (κ2) is 13.4. The molecule has 1 amide bonds. The summed E-state index contributed by atoms with van der Waals surface area (Å²) in [6, 6.07) is 14.5. The Hall–Kier alpha value is -3.92. The van der Waals surface area contributed by atoms with Gasteiger partial charge in [0.15, 0.2) is 11.7 Å². The number of nitrogens with zero attached hydrogens (tertiary/aromatic N) is 2. The molecular weight excluding hydrogens is 490 g/mol. The average molecular weight is 524 g/mol. The molecule has 0 unspecified atom stereocenters. The fraction of sp³-hybridized carbons (Fsp3) is 0.333. The number of amides is 1. The molecule has 1 atom stereocenters. The molecule has 9 nitrogen and oxygen atoms in total. The van der Waals surface area contributed by atoms with Crippen LogP contribution in [0, 0.1) is 0 Å². The zero-order valence-electron chi connectivity index (χ0n) is 21.5. The van der Waals surface area contributed by atoms with Crippen LogP contribution in [0.15, 0.2) is 64.9 Å². The topological polar surface area (TPSA) is 104 Å². The fourth-order valence-electron chi connectivity index (χ4n) is 3.97. The highest BCUT2D eigenvalue weighted by molar-refractivity contribution is 7.80. The molecule has 1 aliphatic rings. The number of rotatable bonds is 11. The van der Waals surface area contributed by atoms with E-state index in [-0.39, 0.29) is 13.2 Å². The van der Waals surface area contributed by atoms with E-state index in [0.717, 1.165) is 24.3 Å². The molecule has 3 rings (SSSR count). The van der Waals surface area contributed by atoms with Gasteiger partial charge in [-0.1, -0.05) is 30.3 Å². The number of thiocarbonyl (C=S) groups is 1. The lowest BCUT2D eigenvalue weighted by molar-refractivity contribution is -0.139. The van der Waals surface area contributed by atoms with Crippen molar-refractivity contribution in [1.82, 2.24) is 16.1 Å². The van der Waals surface area contributed by atoms with Gasteiger partial charge in [-0.2, -0.15) is 5.10 Å². The number of benzene rings is 2. The van der Waals surface area contributed by atoms with Crippen LogP contribution in [0.2, 0.25) is 0 Å². The van der Waals surface area contributed by atoms with Crippen molar-refractivity contribution in [3.8, 4) is 5.75 Å². The molecule has 10 heteroatoms. The lowest BCUT2D eigenvalue weighted by Gasteiger charge is -2.30. The van der Waals surface area contributed by atoms with Gasteiger partial charge in [0.05, 0.1) is 24.4 Å². The molecule has 1 aliphatic heterocycles. The van der Waals surface area contributed by atoms with E-state index in [2.05, 4.69) is 39.9 Å².